The first-order chi connectivity index (χ1) is 12.8. The fourth-order valence-electron chi connectivity index (χ4n) is 3.53. The minimum absolute atomic E-state index is 0.00630. The number of anilines is 2. The second-order valence-electron chi connectivity index (χ2n) is 7.95. The van der Waals surface area contributed by atoms with Crippen LogP contribution in [0.15, 0.2) is 60.7 Å². The summed E-state index contributed by atoms with van der Waals surface area (Å²) in [6.45, 7) is 6.45. The molecule has 0 spiro atoms. The van der Waals surface area contributed by atoms with Gasteiger partial charge in [0, 0.05) is 16.6 Å². The van der Waals surface area contributed by atoms with Crippen molar-refractivity contribution in [3.05, 3.63) is 71.8 Å². The molecule has 4 nitrogen and oxygen atoms in total. The molecule has 4 rings (SSSR count). The highest BCUT2D eigenvalue weighted by Gasteiger charge is 2.30. The summed E-state index contributed by atoms with van der Waals surface area (Å²) in [6, 6.07) is 19.3. The van der Waals surface area contributed by atoms with Crippen molar-refractivity contribution < 1.29 is 9.59 Å². The number of benzene rings is 3. The molecule has 0 saturated heterocycles. The highest BCUT2D eigenvalue weighted by Crippen LogP contribution is 2.37. The smallest absolute Gasteiger partial charge is 0.259 e. The molecule has 2 amide bonds. The summed E-state index contributed by atoms with van der Waals surface area (Å²) in [7, 11) is 0. The molecule has 1 aliphatic heterocycles. The highest BCUT2D eigenvalue weighted by molar-refractivity contribution is 6.26. The second-order valence-corrected chi connectivity index (χ2v) is 7.95. The summed E-state index contributed by atoms with van der Waals surface area (Å²) in [5.74, 6) is -0.336. The topological polar surface area (TPSA) is 49.4 Å². The molecule has 0 atom stereocenters. The molecule has 0 saturated carbocycles. The normalized spacial score (nSPS) is 13.3. The Morgan fingerprint density at radius 1 is 0.963 bits per heavy atom. The third-order valence-corrected chi connectivity index (χ3v) is 4.99. The summed E-state index contributed by atoms with van der Waals surface area (Å²) in [4.78, 5) is 26.9. The first kappa shape index (κ1) is 17.3. The largest absolute Gasteiger partial charge is 0.325 e. The lowest BCUT2D eigenvalue weighted by atomic mass is 9.87. The third-order valence-electron chi connectivity index (χ3n) is 4.99. The van der Waals surface area contributed by atoms with E-state index in [4.69, 9.17) is 0 Å². The van der Waals surface area contributed by atoms with Crippen molar-refractivity contribution in [1.82, 2.24) is 0 Å². The Morgan fingerprint density at radius 2 is 1.63 bits per heavy atom. The van der Waals surface area contributed by atoms with Gasteiger partial charge in [0.25, 0.3) is 5.91 Å². The van der Waals surface area contributed by atoms with Crippen LogP contribution < -0.4 is 10.2 Å². The quantitative estimate of drug-likeness (QED) is 0.735. The van der Waals surface area contributed by atoms with Crippen molar-refractivity contribution in [1.29, 1.82) is 0 Å². The summed E-state index contributed by atoms with van der Waals surface area (Å²) in [5.41, 5.74) is 3.46. The van der Waals surface area contributed by atoms with Gasteiger partial charge in [0.05, 0.1) is 5.69 Å². The highest BCUT2D eigenvalue weighted by atomic mass is 16.2. The molecule has 1 N–H and O–H groups in total. The number of nitrogens with one attached hydrogen (secondary N) is 1. The fourth-order valence-corrected chi connectivity index (χ4v) is 3.53. The second kappa shape index (κ2) is 6.23. The lowest BCUT2D eigenvalue weighted by molar-refractivity contribution is -0.114. The van der Waals surface area contributed by atoms with E-state index in [9.17, 15) is 9.59 Å². The molecule has 0 aliphatic carbocycles. The molecule has 1 heterocycles. The van der Waals surface area contributed by atoms with Crippen molar-refractivity contribution in [2.24, 2.45) is 0 Å². The summed E-state index contributed by atoms with van der Waals surface area (Å²) < 4.78 is 0. The molecule has 3 aromatic rings. The van der Waals surface area contributed by atoms with Gasteiger partial charge in [0.15, 0.2) is 0 Å². The Kier molecular flexibility index (Phi) is 3.99. The van der Waals surface area contributed by atoms with E-state index in [1.165, 1.54) is 5.56 Å². The molecule has 136 valence electrons. The van der Waals surface area contributed by atoms with E-state index in [1.54, 1.807) is 4.90 Å². The molecule has 27 heavy (non-hydrogen) atoms. The number of amides is 2. The van der Waals surface area contributed by atoms with E-state index in [1.807, 2.05) is 60.7 Å². The summed E-state index contributed by atoms with van der Waals surface area (Å²) in [6.07, 6.45) is 0. The monoisotopic (exact) mass is 358 g/mol. The molecule has 0 radical (unpaired) electrons. The fraction of sp³-hybridized carbons (Fsp3) is 0.217. The zero-order valence-corrected chi connectivity index (χ0v) is 15.7. The van der Waals surface area contributed by atoms with E-state index < -0.39 is 0 Å². The maximum Gasteiger partial charge on any atom is 0.259 e. The number of carbonyl (C=O) groups is 2. The van der Waals surface area contributed by atoms with Gasteiger partial charge in [-0.3, -0.25) is 14.5 Å². The predicted molar refractivity (Wildman–Crippen MR) is 109 cm³/mol. The molecule has 0 bridgehead atoms. The molecule has 0 fully saturated rings. The lowest BCUT2D eigenvalue weighted by Crippen LogP contribution is -2.35. The SMILES string of the molecule is CC(C)(C)c1ccc(NC(=O)CN2C(=O)c3cccc4cccc2c34)cc1. The Bertz CT molecular complexity index is 1040. The van der Waals surface area contributed by atoms with Crippen LogP contribution in [0.4, 0.5) is 11.4 Å². The van der Waals surface area contributed by atoms with Crippen LogP contribution in [-0.2, 0) is 10.2 Å². The van der Waals surface area contributed by atoms with Crippen molar-refractivity contribution in [3.8, 4) is 0 Å². The van der Waals surface area contributed by atoms with Crippen LogP contribution in [0.2, 0.25) is 0 Å². The number of rotatable bonds is 3. The third kappa shape index (κ3) is 3.08. The zero-order chi connectivity index (χ0) is 19.2. The molecule has 0 unspecified atom stereocenters. The van der Waals surface area contributed by atoms with Crippen LogP contribution in [0.25, 0.3) is 10.8 Å². The maximum atomic E-state index is 12.8. The predicted octanol–water partition coefficient (Wildman–Crippen LogP) is 4.74. The molecule has 4 heteroatoms. The van der Waals surface area contributed by atoms with Crippen LogP contribution in [0, 0.1) is 0 Å². The van der Waals surface area contributed by atoms with Gasteiger partial charge in [0.2, 0.25) is 5.91 Å². The average molecular weight is 358 g/mol. The van der Waals surface area contributed by atoms with Gasteiger partial charge < -0.3 is 5.32 Å². The Hall–Kier alpha value is -3.14. The zero-order valence-electron chi connectivity index (χ0n) is 15.7. The van der Waals surface area contributed by atoms with Crippen LogP contribution in [-0.4, -0.2) is 18.4 Å². The van der Waals surface area contributed by atoms with E-state index in [0.29, 0.717) is 5.56 Å². The maximum absolute atomic E-state index is 12.8. The van der Waals surface area contributed by atoms with Gasteiger partial charge in [-0.25, -0.2) is 0 Å². The van der Waals surface area contributed by atoms with Crippen molar-refractivity contribution in [2.45, 2.75) is 26.2 Å². The van der Waals surface area contributed by atoms with Gasteiger partial charge in [-0.05, 0) is 40.6 Å². The summed E-state index contributed by atoms with van der Waals surface area (Å²) >= 11 is 0. The van der Waals surface area contributed by atoms with Crippen molar-refractivity contribution in [3.63, 3.8) is 0 Å². The van der Waals surface area contributed by atoms with Gasteiger partial charge in [-0.1, -0.05) is 57.2 Å². The van der Waals surface area contributed by atoms with Crippen molar-refractivity contribution in [2.75, 3.05) is 16.8 Å². The van der Waals surface area contributed by atoms with Gasteiger partial charge in [-0.2, -0.15) is 0 Å². The minimum Gasteiger partial charge on any atom is -0.325 e. The minimum atomic E-state index is -0.211. The van der Waals surface area contributed by atoms with E-state index in [0.717, 1.165) is 22.1 Å². The first-order valence-electron chi connectivity index (χ1n) is 9.08. The molecule has 0 aromatic heterocycles. The molecular weight excluding hydrogens is 336 g/mol. The Balaban J connectivity index is 1.53. The number of hydrogen-bond donors (Lipinski definition) is 1. The van der Waals surface area contributed by atoms with Gasteiger partial charge in [-0.15, -0.1) is 0 Å². The van der Waals surface area contributed by atoms with Gasteiger partial charge in [0.1, 0.15) is 6.54 Å². The molecule has 1 aliphatic rings. The number of nitrogens with zero attached hydrogens (tertiary/aromatic N) is 1. The van der Waals surface area contributed by atoms with E-state index in [-0.39, 0.29) is 23.8 Å². The summed E-state index contributed by atoms with van der Waals surface area (Å²) in [5, 5.41) is 4.83. The number of hydrogen-bond acceptors (Lipinski definition) is 2. The molecular formula is C23H22N2O2. The molecule has 3 aromatic carbocycles. The first-order valence-corrected chi connectivity index (χ1v) is 9.08. The van der Waals surface area contributed by atoms with Crippen LogP contribution in [0.1, 0.15) is 36.7 Å². The Labute approximate surface area is 158 Å². The van der Waals surface area contributed by atoms with Crippen LogP contribution in [0.5, 0.6) is 0 Å². The standard InChI is InChI=1S/C23H22N2O2/c1-23(2,3)16-10-12-17(13-11-16)24-20(26)14-25-19-9-5-7-15-6-4-8-18(21(15)19)22(25)27/h4-13H,14H2,1-3H3,(H,24,26). The van der Waals surface area contributed by atoms with Gasteiger partial charge >= 0.3 is 0 Å². The van der Waals surface area contributed by atoms with Crippen molar-refractivity contribution >= 4 is 34.0 Å². The number of carbonyl (C=O) groups excluding carboxylic acids is 2. The van der Waals surface area contributed by atoms with Crippen LogP contribution in [0.3, 0.4) is 0 Å². The average Bonchev–Trinajstić information content (AvgIpc) is 2.90. The van der Waals surface area contributed by atoms with E-state index in [2.05, 4.69) is 26.1 Å². The Morgan fingerprint density at radius 3 is 2.30 bits per heavy atom. The van der Waals surface area contributed by atoms with E-state index >= 15 is 0 Å². The lowest BCUT2D eigenvalue weighted by Gasteiger charge is -2.20. The van der Waals surface area contributed by atoms with Crippen LogP contribution >= 0.6 is 0 Å².